The highest BCUT2D eigenvalue weighted by Gasteiger charge is 2.10. The lowest BCUT2D eigenvalue weighted by Gasteiger charge is -2.11. The van der Waals surface area contributed by atoms with Gasteiger partial charge in [-0.1, -0.05) is 48.5 Å². The van der Waals surface area contributed by atoms with E-state index >= 15 is 0 Å². The van der Waals surface area contributed by atoms with Crippen molar-refractivity contribution < 1.29 is 9.53 Å². The van der Waals surface area contributed by atoms with Crippen LogP contribution in [0, 0.1) is 6.92 Å². The molecule has 4 rings (SSSR count). The second-order valence-corrected chi connectivity index (χ2v) is 8.68. The maximum Gasteiger partial charge on any atom is 0.258 e. The molecule has 0 unspecified atom stereocenters. The molecule has 0 saturated carbocycles. The lowest BCUT2D eigenvalue weighted by Crippen LogP contribution is -2.28. The number of ether oxygens (including phenoxy) is 1. The molecule has 6 heteroatoms. The summed E-state index contributed by atoms with van der Waals surface area (Å²) in [7, 11) is 0. The Morgan fingerprint density at radius 2 is 1.83 bits per heavy atom. The molecule has 146 valence electrons. The Balaban J connectivity index is 1.33. The molecule has 4 aromatic rings. The first kappa shape index (κ1) is 19.4. The van der Waals surface area contributed by atoms with Gasteiger partial charge in [-0.05, 0) is 30.7 Å². The summed E-state index contributed by atoms with van der Waals surface area (Å²) in [6, 6.07) is 21.8. The molecular formula is C23H20N2O2S2. The summed E-state index contributed by atoms with van der Waals surface area (Å²) in [5.74, 6) is 0.554. The third-order valence-electron chi connectivity index (χ3n) is 4.32. The monoisotopic (exact) mass is 420 g/mol. The number of carbonyl (C=O) groups excluding carboxylic acids is 1. The smallest absolute Gasteiger partial charge is 0.258 e. The Bertz CT molecular complexity index is 1100. The van der Waals surface area contributed by atoms with Crippen LogP contribution in [0.2, 0.25) is 0 Å². The molecule has 0 radical (unpaired) electrons. The number of nitrogens with zero attached hydrogens (tertiary/aromatic N) is 1. The molecule has 2 aromatic carbocycles. The number of aromatic nitrogens is 1. The van der Waals surface area contributed by atoms with E-state index < -0.39 is 0 Å². The molecule has 0 bridgehead atoms. The van der Waals surface area contributed by atoms with Crippen molar-refractivity contribution in [2.75, 3.05) is 6.61 Å². The van der Waals surface area contributed by atoms with Crippen molar-refractivity contribution in [2.24, 2.45) is 0 Å². The number of carbonyl (C=O) groups is 1. The molecule has 1 amide bonds. The van der Waals surface area contributed by atoms with Crippen molar-refractivity contribution in [3.63, 3.8) is 0 Å². The van der Waals surface area contributed by atoms with E-state index in [2.05, 4.69) is 15.7 Å². The molecule has 0 aliphatic carbocycles. The normalized spacial score (nSPS) is 10.7. The Kier molecular flexibility index (Phi) is 6.03. The van der Waals surface area contributed by atoms with E-state index in [0.29, 0.717) is 12.3 Å². The van der Waals surface area contributed by atoms with Gasteiger partial charge in [0.15, 0.2) is 6.61 Å². The predicted molar refractivity (Wildman–Crippen MR) is 119 cm³/mol. The Labute approximate surface area is 177 Å². The standard InChI is InChI=1S/C23H20N2O2S2/c1-16-25-20(15-28-16)22-12-11-18(29-22)13-24-23(26)14-27-21-10-6-5-9-19(21)17-7-3-2-4-8-17/h2-12,15H,13-14H2,1H3,(H,24,26). The fourth-order valence-electron chi connectivity index (χ4n) is 2.92. The van der Waals surface area contributed by atoms with Crippen molar-refractivity contribution in [2.45, 2.75) is 13.5 Å². The first-order valence-electron chi connectivity index (χ1n) is 9.24. The molecule has 0 aliphatic rings. The summed E-state index contributed by atoms with van der Waals surface area (Å²) < 4.78 is 5.80. The molecule has 29 heavy (non-hydrogen) atoms. The lowest BCUT2D eigenvalue weighted by molar-refractivity contribution is -0.123. The van der Waals surface area contributed by atoms with Crippen molar-refractivity contribution in [3.05, 3.63) is 82.0 Å². The largest absolute Gasteiger partial charge is 0.483 e. The highest BCUT2D eigenvalue weighted by Crippen LogP contribution is 2.30. The average molecular weight is 421 g/mol. The van der Waals surface area contributed by atoms with E-state index in [1.54, 1.807) is 22.7 Å². The summed E-state index contributed by atoms with van der Waals surface area (Å²) in [6.45, 7) is 2.46. The maximum absolute atomic E-state index is 12.3. The van der Waals surface area contributed by atoms with Gasteiger partial charge >= 0.3 is 0 Å². The van der Waals surface area contributed by atoms with Crippen LogP contribution in [-0.4, -0.2) is 17.5 Å². The van der Waals surface area contributed by atoms with Gasteiger partial charge in [-0.15, -0.1) is 22.7 Å². The van der Waals surface area contributed by atoms with Crippen LogP contribution < -0.4 is 10.1 Å². The van der Waals surface area contributed by atoms with E-state index in [9.17, 15) is 4.79 Å². The summed E-state index contributed by atoms with van der Waals surface area (Å²) in [5, 5.41) is 6.04. The molecule has 0 aliphatic heterocycles. The van der Waals surface area contributed by atoms with Crippen LogP contribution in [0.25, 0.3) is 21.7 Å². The van der Waals surface area contributed by atoms with Gasteiger partial charge in [-0.25, -0.2) is 4.98 Å². The van der Waals surface area contributed by atoms with Gasteiger partial charge in [-0.3, -0.25) is 4.79 Å². The lowest BCUT2D eigenvalue weighted by atomic mass is 10.1. The molecule has 2 aromatic heterocycles. The zero-order valence-corrected chi connectivity index (χ0v) is 17.6. The van der Waals surface area contributed by atoms with Crippen molar-refractivity contribution in [3.8, 4) is 27.4 Å². The predicted octanol–water partition coefficient (Wildman–Crippen LogP) is 5.54. The minimum atomic E-state index is -0.146. The van der Waals surface area contributed by atoms with Gasteiger partial charge < -0.3 is 10.1 Å². The maximum atomic E-state index is 12.3. The first-order valence-corrected chi connectivity index (χ1v) is 10.9. The molecule has 0 spiro atoms. The fraction of sp³-hybridized carbons (Fsp3) is 0.130. The Morgan fingerprint density at radius 1 is 1.03 bits per heavy atom. The van der Waals surface area contributed by atoms with Gasteiger partial charge in [0.25, 0.3) is 5.91 Å². The molecule has 0 saturated heterocycles. The highest BCUT2D eigenvalue weighted by atomic mass is 32.1. The number of hydrogen-bond acceptors (Lipinski definition) is 5. The number of para-hydroxylation sites is 1. The molecule has 0 atom stereocenters. The van der Waals surface area contributed by atoms with Crippen molar-refractivity contribution >= 4 is 28.6 Å². The van der Waals surface area contributed by atoms with Gasteiger partial charge in [-0.2, -0.15) is 0 Å². The minimum Gasteiger partial charge on any atom is -0.483 e. The average Bonchev–Trinajstić information content (AvgIpc) is 3.40. The van der Waals surface area contributed by atoms with Crippen LogP contribution in [0.15, 0.2) is 72.1 Å². The van der Waals surface area contributed by atoms with Crippen LogP contribution in [0.3, 0.4) is 0 Å². The number of nitrogens with one attached hydrogen (secondary N) is 1. The van der Waals surface area contributed by atoms with Gasteiger partial charge in [0.2, 0.25) is 0 Å². The van der Waals surface area contributed by atoms with E-state index in [1.807, 2.05) is 73.7 Å². The van der Waals surface area contributed by atoms with Crippen LogP contribution in [-0.2, 0) is 11.3 Å². The summed E-state index contributed by atoms with van der Waals surface area (Å²) >= 11 is 3.28. The highest BCUT2D eigenvalue weighted by molar-refractivity contribution is 7.16. The Morgan fingerprint density at radius 3 is 2.62 bits per heavy atom. The van der Waals surface area contributed by atoms with Crippen LogP contribution >= 0.6 is 22.7 Å². The molecule has 0 fully saturated rings. The molecule has 1 N–H and O–H groups in total. The number of thiazole rings is 1. The quantitative estimate of drug-likeness (QED) is 0.427. The fourth-order valence-corrected chi connectivity index (χ4v) is 4.51. The third kappa shape index (κ3) is 4.91. The number of benzene rings is 2. The second-order valence-electron chi connectivity index (χ2n) is 6.45. The number of hydrogen-bond donors (Lipinski definition) is 1. The van der Waals surface area contributed by atoms with E-state index in [1.165, 1.54) is 0 Å². The van der Waals surface area contributed by atoms with Crippen LogP contribution in [0.5, 0.6) is 5.75 Å². The van der Waals surface area contributed by atoms with Crippen molar-refractivity contribution in [1.29, 1.82) is 0 Å². The number of aryl methyl sites for hydroxylation is 1. The third-order valence-corrected chi connectivity index (χ3v) is 6.20. The topological polar surface area (TPSA) is 51.2 Å². The second kappa shape index (κ2) is 9.03. The summed E-state index contributed by atoms with van der Waals surface area (Å²) in [4.78, 5) is 19.0. The van der Waals surface area contributed by atoms with Crippen molar-refractivity contribution in [1.82, 2.24) is 10.3 Å². The van der Waals surface area contributed by atoms with Gasteiger partial charge in [0.1, 0.15) is 5.75 Å². The number of thiophene rings is 1. The van der Waals surface area contributed by atoms with Crippen LogP contribution in [0.1, 0.15) is 9.88 Å². The zero-order chi connectivity index (χ0) is 20.1. The summed E-state index contributed by atoms with van der Waals surface area (Å²) in [6.07, 6.45) is 0. The SMILES string of the molecule is Cc1nc(-c2ccc(CNC(=O)COc3ccccc3-c3ccccc3)s2)cs1. The summed E-state index contributed by atoms with van der Waals surface area (Å²) in [5.41, 5.74) is 3.03. The minimum absolute atomic E-state index is 0.0205. The van der Waals surface area contributed by atoms with E-state index in [0.717, 1.165) is 31.6 Å². The first-order chi connectivity index (χ1) is 14.2. The van der Waals surface area contributed by atoms with Gasteiger partial charge in [0.05, 0.1) is 22.1 Å². The molecular weight excluding hydrogens is 400 g/mol. The van der Waals surface area contributed by atoms with Gasteiger partial charge in [0, 0.05) is 15.8 Å². The van der Waals surface area contributed by atoms with E-state index in [4.69, 9.17) is 4.74 Å². The van der Waals surface area contributed by atoms with Crippen LogP contribution in [0.4, 0.5) is 0 Å². The number of rotatable bonds is 7. The molecule has 4 nitrogen and oxygen atoms in total. The number of amides is 1. The van der Waals surface area contributed by atoms with E-state index in [-0.39, 0.29) is 12.5 Å². The zero-order valence-electron chi connectivity index (χ0n) is 15.9. The Hall–Kier alpha value is -2.96. The molecule has 2 heterocycles.